The van der Waals surface area contributed by atoms with E-state index >= 15 is 0 Å². The van der Waals surface area contributed by atoms with Gasteiger partial charge in [0.05, 0.1) is 0 Å². The second-order valence-electron chi connectivity index (χ2n) is 5.70. The zero-order chi connectivity index (χ0) is 11.9. The van der Waals surface area contributed by atoms with Gasteiger partial charge in [-0.1, -0.05) is 0 Å². The predicted octanol–water partition coefficient (Wildman–Crippen LogP) is 1.73. The molecule has 0 aromatic carbocycles. The van der Waals surface area contributed by atoms with Crippen molar-refractivity contribution in [2.45, 2.75) is 32.1 Å². The van der Waals surface area contributed by atoms with Gasteiger partial charge in [0, 0.05) is 13.2 Å². The maximum absolute atomic E-state index is 5.43. The van der Waals surface area contributed by atoms with Gasteiger partial charge in [-0.2, -0.15) is 0 Å². The van der Waals surface area contributed by atoms with E-state index in [0.717, 1.165) is 25.0 Å². The first kappa shape index (κ1) is 13.3. The van der Waals surface area contributed by atoms with E-state index in [1.54, 1.807) is 0 Å². The Morgan fingerprint density at radius 1 is 1.12 bits per heavy atom. The van der Waals surface area contributed by atoms with E-state index in [4.69, 9.17) is 4.74 Å². The molecule has 1 atom stereocenters. The lowest BCUT2D eigenvalue weighted by molar-refractivity contribution is 0.157. The van der Waals surface area contributed by atoms with Crippen LogP contribution < -0.4 is 5.32 Å². The van der Waals surface area contributed by atoms with Crippen molar-refractivity contribution in [3.05, 3.63) is 0 Å². The highest BCUT2D eigenvalue weighted by Gasteiger charge is 2.21. The first-order chi connectivity index (χ1) is 8.38. The minimum atomic E-state index is 0.844. The van der Waals surface area contributed by atoms with Gasteiger partial charge in [-0.05, 0) is 77.2 Å². The lowest BCUT2D eigenvalue weighted by atomic mass is 9.93. The monoisotopic (exact) mass is 240 g/mol. The van der Waals surface area contributed by atoms with E-state index in [2.05, 4.69) is 17.3 Å². The maximum Gasteiger partial charge on any atom is 0.0495 e. The standard InChI is InChI=1S/C14H28N2O/c1-15-7-2-13-3-8-16(9-4-13)10-5-14-6-11-17-12-14/h13-15H,2-12H2,1H3. The third kappa shape index (κ3) is 4.57. The molecule has 2 fully saturated rings. The summed E-state index contributed by atoms with van der Waals surface area (Å²) in [6, 6.07) is 0. The number of hydrogen-bond acceptors (Lipinski definition) is 3. The molecular formula is C14H28N2O. The van der Waals surface area contributed by atoms with Crippen LogP contribution in [0.25, 0.3) is 0 Å². The van der Waals surface area contributed by atoms with Gasteiger partial charge in [0.1, 0.15) is 0 Å². The number of hydrogen-bond donors (Lipinski definition) is 1. The predicted molar refractivity (Wildman–Crippen MR) is 71.3 cm³/mol. The number of nitrogens with zero attached hydrogens (tertiary/aromatic N) is 1. The Kier molecular flexibility index (Phi) is 5.75. The Labute approximate surface area is 106 Å². The fourth-order valence-corrected chi connectivity index (χ4v) is 3.02. The van der Waals surface area contributed by atoms with E-state index in [-0.39, 0.29) is 0 Å². The van der Waals surface area contributed by atoms with Crippen LogP contribution in [0.2, 0.25) is 0 Å². The van der Waals surface area contributed by atoms with Gasteiger partial charge in [-0.15, -0.1) is 0 Å². The molecule has 2 heterocycles. The zero-order valence-corrected chi connectivity index (χ0v) is 11.3. The molecule has 0 spiro atoms. The minimum Gasteiger partial charge on any atom is -0.381 e. The topological polar surface area (TPSA) is 24.5 Å². The molecule has 1 N–H and O–H groups in total. The second-order valence-corrected chi connectivity index (χ2v) is 5.70. The summed E-state index contributed by atoms with van der Waals surface area (Å²) in [5, 5.41) is 3.26. The van der Waals surface area contributed by atoms with E-state index in [1.807, 2.05) is 0 Å². The van der Waals surface area contributed by atoms with Gasteiger partial charge in [-0.3, -0.25) is 0 Å². The largest absolute Gasteiger partial charge is 0.381 e. The summed E-state index contributed by atoms with van der Waals surface area (Å²) in [7, 11) is 2.05. The Balaban J connectivity index is 1.55. The van der Waals surface area contributed by atoms with Crippen molar-refractivity contribution in [2.75, 3.05) is 46.4 Å². The van der Waals surface area contributed by atoms with Crippen molar-refractivity contribution in [2.24, 2.45) is 11.8 Å². The zero-order valence-electron chi connectivity index (χ0n) is 11.3. The first-order valence-electron chi connectivity index (χ1n) is 7.33. The molecule has 2 aliphatic rings. The lowest BCUT2D eigenvalue weighted by Crippen LogP contribution is -2.35. The summed E-state index contributed by atoms with van der Waals surface area (Å²) in [6.45, 7) is 7.14. The summed E-state index contributed by atoms with van der Waals surface area (Å²) in [4.78, 5) is 2.66. The first-order valence-corrected chi connectivity index (χ1v) is 7.33. The highest BCUT2D eigenvalue weighted by Crippen LogP contribution is 2.22. The van der Waals surface area contributed by atoms with Gasteiger partial charge in [-0.25, -0.2) is 0 Å². The molecule has 0 amide bonds. The molecule has 3 heteroatoms. The molecule has 100 valence electrons. The summed E-state index contributed by atoms with van der Waals surface area (Å²) >= 11 is 0. The van der Waals surface area contributed by atoms with Crippen molar-refractivity contribution in [3.63, 3.8) is 0 Å². The molecule has 17 heavy (non-hydrogen) atoms. The minimum absolute atomic E-state index is 0.844. The van der Waals surface area contributed by atoms with Crippen LogP contribution in [0.1, 0.15) is 32.1 Å². The van der Waals surface area contributed by atoms with Gasteiger partial charge < -0.3 is 15.0 Å². The van der Waals surface area contributed by atoms with Crippen LogP contribution in [0.3, 0.4) is 0 Å². The average molecular weight is 240 g/mol. The molecule has 3 nitrogen and oxygen atoms in total. The third-order valence-corrected chi connectivity index (χ3v) is 4.39. The molecule has 0 aromatic rings. The van der Waals surface area contributed by atoms with Crippen molar-refractivity contribution in [1.82, 2.24) is 10.2 Å². The van der Waals surface area contributed by atoms with Gasteiger partial charge in [0.2, 0.25) is 0 Å². The van der Waals surface area contributed by atoms with Crippen LogP contribution in [-0.4, -0.2) is 51.3 Å². The van der Waals surface area contributed by atoms with Crippen LogP contribution in [-0.2, 0) is 4.74 Å². The van der Waals surface area contributed by atoms with Crippen LogP contribution in [0.4, 0.5) is 0 Å². The summed E-state index contributed by atoms with van der Waals surface area (Å²) in [6.07, 6.45) is 6.81. The number of likely N-dealkylation sites (tertiary alicyclic amines) is 1. The molecule has 0 bridgehead atoms. The van der Waals surface area contributed by atoms with Gasteiger partial charge in [0.15, 0.2) is 0 Å². The van der Waals surface area contributed by atoms with Crippen LogP contribution in [0.5, 0.6) is 0 Å². The fraction of sp³-hybridized carbons (Fsp3) is 1.00. The average Bonchev–Trinajstić information content (AvgIpc) is 2.88. The second kappa shape index (κ2) is 7.34. The van der Waals surface area contributed by atoms with Crippen molar-refractivity contribution >= 4 is 0 Å². The normalized spacial score (nSPS) is 27.7. The number of ether oxygens (including phenoxy) is 1. The number of piperidine rings is 1. The molecule has 2 saturated heterocycles. The molecular weight excluding hydrogens is 212 g/mol. The lowest BCUT2D eigenvalue weighted by Gasteiger charge is -2.32. The van der Waals surface area contributed by atoms with Crippen molar-refractivity contribution in [1.29, 1.82) is 0 Å². The van der Waals surface area contributed by atoms with E-state index < -0.39 is 0 Å². The third-order valence-electron chi connectivity index (χ3n) is 4.39. The maximum atomic E-state index is 5.43. The van der Waals surface area contributed by atoms with E-state index in [0.29, 0.717) is 0 Å². The summed E-state index contributed by atoms with van der Waals surface area (Å²) in [5.41, 5.74) is 0. The smallest absolute Gasteiger partial charge is 0.0495 e. The Bertz CT molecular complexity index is 196. The SMILES string of the molecule is CNCCC1CCN(CCC2CCOC2)CC1. The van der Waals surface area contributed by atoms with E-state index in [9.17, 15) is 0 Å². The molecule has 1 unspecified atom stereocenters. The highest BCUT2D eigenvalue weighted by molar-refractivity contribution is 4.74. The number of nitrogens with one attached hydrogen (secondary N) is 1. The van der Waals surface area contributed by atoms with Crippen molar-refractivity contribution in [3.8, 4) is 0 Å². The highest BCUT2D eigenvalue weighted by atomic mass is 16.5. The Hall–Kier alpha value is -0.120. The summed E-state index contributed by atoms with van der Waals surface area (Å²) < 4.78 is 5.43. The molecule has 0 aromatic heterocycles. The van der Waals surface area contributed by atoms with Crippen molar-refractivity contribution < 1.29 is 4.74 Å². The molecule has 0 radical (unpaired) electrons. The van der Waals surface area contributed by atoms with Crippen LogP contribution in [0, 0.1) is 11.8 Å². The van der Waals surface area contributed by atoms with E-state index in [1.165, 1.54) is 58.3 Å². The van der Waals surface area contributed by atoms with Gasteiger partial charge >= 0.3 is 0 Å². The number of rotatable bonds is 6. The Morgan fingerprint density at radius 2 is 1.94 bits per heavy atom. The molecule has 0 aliphatic carbocycles. The molecule has 0 saturated carbocycles. The van der Waals surface area contributed by atoms with Gasteiger partial charge in [0.25, 0.3) is 0 Å². The summed E-state index contributed by atoms with van der Waals surface area (Å²) in [5.74, 6) is 1.81. The molecule has 2 rings (SSSR count). The Morgan fingerprint density at radius 3 is 2.59 bits per heavy atom. The quantitative estimate of drug-likeness (QED) is 0.765. The fourth-order valence-electron chi connectivity index (χ4n) is 3.02. The molecule has 2 aliphatic heterocycles. The van der Waals surface area contributed by atoms with Crippen LogP contribution >= 0.6 is 0 Å². The van der Waals surface area contributed by atoms with Crippen LogP contribution in [0.15, 0.2) is 0 Å².